The second-order valence-electron chi connectivity index (χ2n) is 8.91. The van der Waals surface area contributed by atoms with Crippen LogP contribution in [-0.4, -0.2) is 83.3 Å². The first-order valence-corrected chi connectivity index (χ1v) is 13.1. The number of para-hydroxylation sites is 2. The van der Waals surface area contributed by atoms with Gasteiger partial charge >= 0.3 is 0 Å². The van der Waals surface area contributed by atoms with Crippen LogP contribution in [0.2, 0.25) is 0 Å². The molecule has 2 aromatic carbocycles. The molecule has 2 aliphatic rings. The van der Waals surface area contributed by atoms with E-state index in [1.165, 1.54) is 17.4 Å². The number of carbonyl (C=O) groups excluding carboxylic acids is 1. The van der Waals surface area contributed by atoms with Crippen LogP contribution in [0.4, 0.5) is 11.6 Å². The third-order valence-corrected chi connectivity index (χ3v) is 7.64. The van der Waals surface area contributed by atoms with E-state index in [9.17, 15) is 4.79 Å². The van der Waals surface area contributed by atoms with Crippen molar-refractivity contribution >= 4 is 29.3 Å². The van der Waals surface area contributed by atoms with Crippen LogP contribution in [0, 0.1) is 6.92 Å². The zero-order valence-corrected chi connectivity index (χ0v) is 21.2. The first-order valence-electron chi connectivity index (χ1n) is 12.2. The maximum Gasteiger partial charge on any atom is 0.236 e. The Kier molecular flexibility index (Phi) is 7.24. The lowest BCUT2D eigenvalue weighted by Gasteiger charge is -2.37. The van der Waals surface area contributed by atoms with E-state index in [0.29, 0.717) is 13.2 Å². The molecule has 2 aliphatic heterocycles. The van der Waals surface area contributed by atoms with Gasteiger partial charge in [0.25, 0.3) is 0 Å². The van der Waals surface area contributed by atoms with Gasteiger partial charge in [-0.3, -0.25) is 9.36 Å². The normalized spacial score (nSPS) is 17.5. The Bertz CT molecular complexity index is 1140. The number of benzene rings is 2. The monoisotopic (exact) mass is 492 g/mol. The molecule has 8 nitrogen and oxygen atoms in total. The van der Waals surface area contributed by atoms with Gasteiger partial charge in [0.2, 0.25) is 11.9 Å². The molecule has 3 heterocycles. The number of aryl methyl sites for hydroxylation is 1. The van der Waals surface area contributed by atoms with Crippen molar-refractivity contribution < 1.29 is 9.53 Å². The summed E-state index contributed by atoms with van der Waals surface area (Å²) in [6.45, 7) is 10.1. The number of carbonyl (C=O) groups is 1. The number of rotatable bonds is 6. The summed E-state index contributed by atoms with van der Waals surface area (Å²) in [6, 6.07) is 18.6. The summed E-state index contributed by atoms with van der Waals surface area (Å²) in [4.78, 5) is 19.9. The Morgan fingerprint density at radius 3 is 2.29 bits per heavy atom. The van der Waals surface area contributed by atoms with E-state index in [2.05, 4.69) is 67.9 Å². The van der Waals surface area contributed by atoms with E-state index in [0.717, 1.165) is 61.6 Å². The van der Waals surface area contributed by atoms with Gasteiger partial charge in [-0.25, -0.2) is 0 Å². The molecule has 1 aromatic heterocycles. The average Bonchev–Trinajstić information content (AvgIpc) is 3.32. The van der Waals surface area contributed by atoms with Crippen molar-refractivity contribution in [1.29, 1.82) is 0 Å². The Balaban J connectivity index is 1.32. The number of anilines is 2. The third-order valence-electron chi connectivity index (χ3n) is 6.61. The molecule has 35 heavy (non-hydrogen) atoms. The number of thioether (sulfide) groups is 1. The smallest absolute Gasteiger partial charge is 0.236 e. The molecule has 9 heteroatoms. The number of ether oxygens (including phenoxy) is 1. The predicted octanol–water partition coefficient (Wildman–Crippen LogP) is 3.24. The van der Waals surface area contributed by atoms with Gasteiger partial charge in [-0.05, 0) is 37.6 Å². The fraction of sp³-hybridized carbons (Fsp3) is 0.423. The number of nitrogens with zero attached hydrogens (tertiary/aromatic N) is 6. The van der Waals surface area contributed by atoms with Crippen LogP contribution in [0.1, 0.15) is 12.5 Å². The number of hydrogen-bond acceptors (Lipinski definition) is 7. The van der Waals surface area contributed by atoms with Gasteiger partial charge in [0, 0.05) is 45.0 Å². The van der Waals surface area contributed by atoms with Gasteiger partial charge in [-0.2, -0.15) is 0 Å². The fourth-order valence-electron chi connectivity index (χ4n) is 4.62. The second-order valence-corrected chi connectivity index (χ2v) is 10.2. The van der Waals surface area contributed by atoms with Crippen molar-refractivity contribution in [2.75, 3.05) is 62.3 Å². The van der Waals surface area contributed by atoms with Crippen molar-refractivity contribution in [1.82, 2.24) is 19.7 Å². The Labute approximate surface area is 210 Å². The lowest BCUT2D eigenvalue weighted by atomic mass is 10.2. The summed E-state index contributed by atoms with van der Waals surface area (Å²) in [6.07, 6.45) is 0. The molecule has 3 aromatic rings. The lowest BCUT2D eigenvalue weighted by molar-refractivity contribution is -0.130. The number of morpholine rings is 1. The largest absolute Gasteiger partial charge is 0.378 e. The van der Waals surface area contributed by atoms with E-state index in [1.54, 1.807) is 0 Å². The van der Waals surface area contributed by atoms with Crippen molar-refractivity contribution in [3.63, 3.8) is 0 Å². The minimum atomic E-state index is -0.261. The van der Waals surface area contributed by atoms with Crippen LogP contribution in [0.5, 0.6) is 0 Å². The van der Waals surface area contributed by atoms with Crippen molar-refractivity contribution in [2.45, 2.75) is 24.3 Å². The van der Waals surface area contributed by atoms with Crippen LogP contribution in [0.25, 0.3) is 5.69 Å². The molecule has 0 spiro atoms. The van der Waals surface area contributed by atoms with Crippen molar-refractivity contribution in [3.8, 4) is 5.69 Å². The van der Waals surface area contributed by atoms with Crippen molar-refractivity contribution in [3.05, 3.63) is 60.2 Å². The molecule has 2 saturated heterocycles. The highest BCUT2D eigenvalue weighted by Crippen LogP contribution is 2.31. The van der Waals surface area contributed by atoms with Gasteiger partial charge in [-0.1, -0.05) is 48.2 Å². The number of amides is 1. The Morgan fingerprint density at radius 2 is 1.57 bits per heavy atom. The van der Waals surface area contributed by atoms with Gasteiger partial charge in [-0.15, -0.1) is 10.2 Å². The van der Waals surface area contributed by atoms with E-state index < -0.39 is 0 Å². The molecule has 0 bridgehead atoms. The first-order chi connectivity index (χ1) is 17.1. The predicted molar refractivity (Wildman–Crippen MR) is 140 cm³/mol. The molecule has 5 rings (SSSR count). The van der Waals surface area contributed by atoms with Crippen LogP contribution in [-0.2, 0) is 9.53 Å². The first kappa shape index (κ1) is 23.7. The standard InChI is InChI=1S/C26H32N6O2S/c1-20-8-6-7-11-23(20)32-25(31-16-18-34-19-17-31)27-28-26(32)35-21(2)24(33)30-14-12-29(13-15-30)22-9-4-3-5-10-22/h3-11,21H,12-19H2,1-2H3. The number of piperazine rings is 1. The molecule has 184 valence electrons. The number of hydrogen-bond donors (Lipinski definition) is 0. The van der Waals surface area contributed by atoms with Crippen molar-refractivity contribution in [2.24, 2.45) is 0 Å². The molecule has 1 unspecified atom stereocenters. The Morgan fingerprint density at radius 1 is 0.886 bits per heavy atom. The van der Waals surface area contributed by atoms with E-state index in [-0.39, 0.29) is 11.2 Å². The van der Waals surface area contributed by atoms with Gasteiger partial charge in [0.05, 0.1) is 24.2 Å². The molecule has 1 amide bonds. The summed E-state index contributed by atoms with van der Waals surface area (Å²) in [5, 5.41) is 9.58. The van der Waals surface area contributed by atoms with E-state index in [4.69, 9.17) is 4.74 Å². The maximum atomic E-state index is 13.4. The molecule has 2 fully saturated rings. The molecule has 0 aliphatic carbocycles. The SMILES string of the molecule is Cc1ccccc1-n1c(SC(C)C(=O)N2CCN(c3ccccc3)CC2)nnc1N1CCOCC1. The summed E-state index contributed by atoms with van der Waals surface area (Å²) < 4.78 is 7.64. The van der Waals surface area contributed by atoms with Gasteiger partial charge < -0.3 is 19.4 Å². The summed E-state index contributed by atoms with van der Waals surface area (Å²) in [5.41, 5.74) is 3.39. The zero-order valence-electron chi connectivity index (χ0n) is 20.3. The third kappa shape index (κ3) is 5.16. The zero-order chi connectivity index (χ0) is 24.2. The highest BCUT2D eigenvalue weighted by Gasteiger charge is 2.29. The van der Waals surface area contributed by atoms with Crippen LogP contribution in [0.15, 0.2) is 59.8 Å². The van der Waals surface area contributed by atoms with E-state index >= 15 is 0 Å². The number of aromatic nitrogens is 3. The molecule has 0 saturated carbocycles. The minimum absolute atomic E-state index is 0.148. The lowest BCUT2D eigenvalue weighted by Crippen LogP contribution is -2.50. The van der Waals surface area contributed by atoms with Crippen LogP contribution in [0.3, 0.4) is 0 Å². The average molecular weight is 493 g/mol. The highest BCUT2D eigenvalue weighted by atomic mass is 32.2. The minimum Gasteiger partial charge on any atom is -0.378 e. The van der Waals surface area contributed by atoms with Gasteiger partial charge in [0.15, 0.2) is 5.16 Å². The van der Waals surface area contributed by atoms with Gasteiger partial charge in [0.1, 0.15) is 0 Å². The maximum absolute atomic E-state index is 13.4. The highest BCUT2D eigenvalue weighted by molar-refractivity contribution is 8.00. The summed E-state index contributed by atoms with van der Waals surface area (Å²) in [5.74, 6) is 0.955. The summed E-state index contributed by atoms with van der Waals surface area (Å²) in [7, 11) is 0. The van der Waals surface area contributed by atoms with E-state index in [1.807, 2.05) is 30.0 Å². The second kappa shape index (κ2) is 10.7. The molecule has 0 radical (unpaired) electrons. The molecule has 1 atom stereocenters. The molecular formula is C26H32N6O2S. The quantitative estimate of drug-likeness (QED) is 0.490. The molecular weight excluding hydrogens is 460 g/mol. The summed E-state index contributed by atoms with van der Waals surface area (Å²) >= 11 is 1.48. The fourth-order valence-corrected chi connectivity index (χ4v) is 5.56. The topological polar surface area (TPSA) is 66.7 Å². The van der Waals surface area contributed by atoms with Crippen LogP contribution >= 0.6 is 11.8 Å². The Hall–Kier alpha value is -3.04. The van der Waals surface area contributed by atoms with Crippen LogP contribution < -0.4 is 9.80 Å². The molecule has 0 N–H and O–H groups in total.